The number of methoxy groups -OCH3 is 2. The molecule has 0 spiro atoms. The summed E-state index contributed by atoms with van der Waals surface area (Å²) >= 11 is 0. The number of hydrogen-bond donors (Lipinski definition) is 2. The van der Waals surface area contributed by atoms with Crippen molar-refractivity contribution in [1.82, 2.24) is 0 Å². The Kier molecular flexibility index (Phi) is 8.17. The van der Waals surface area contributed by atoms with Crippen LogP contribution in [0, 0.1) is 10.1 Å². The van der Waals surface area contributed by atoms with E-state index < -0.39 is 16.8 Å². The first kappa shape index (κ1) is 24.0. The summed E-state index contributed by atoms with van der Waals surface area (Å²) in [7, 11) is 2.79. The second-order valence-corrected chi connectivity index (χ2v) is 7.18. The Balaban J connectivity index is 1.84. The first-order valence-electron chi connectivity index (χ1n) is 10.3. The molecule has 1 aliphatic heterocycles. The highest BCUT2D eigenvalue weighted by atomic mass is 16.6. The van der Waals surface area contributed by atoms with Crippen molar-refractivity contribution in [1.29, 1.82) is 0 Å². The molecule has 0 aromatic heterocycles. The quantitative estimate of drug-likeness (QED) is 0.252. The Morgan fingerprint density at radius 3 is 2.52 bits per heavy atom. The van der Waals surface area contributed by atoms with Gasteiger partial charge in [-0.1, -0.05) is 0 Å². The molecule has 1 amide bonds. The maximum Gasteiger partial charge on any atom is 0.340 e. The molecule has 176 valence electrons. The van der Waals surface area contributed by atoms with Crippen molar-refractivity contribution < 1.29 is 28.7 Å². The molecule has 0 atom stereocenters. The minimum atomic E-state index is -0.607. The lowest BCUT2D eigenvalue weighted by Gasteiger charge is -2.29. The normalized spacial score (nSPS) is 13.3. The van der Waals surface area contributed by atoms with Gasteiger partial charge in [-0.25, -0.2) is 4.79 Å². The molecule has 1 saturated heterocycles. The predicted molar refractivity (Wildman–Crippen MR) is 122 cm³/mol. The van der Waals surface area contributed by atoms with Crippen LogP contribution in [0.1, 0.15) is 20.7 Å². The van der Waals surface area contributed by atoms with Gasteiger partial charge in [0.1, 0.15) is 5.69 Å². The number of nitro groups is 1. The summed E-state index contributed by atoms with van der Waals surface area (Å²) < 4.78 is 15.2. The fraction of sp³-hybridized carbons (Fsp3) is 0.364. The highest BCUT2D eigenvalue weighted by Crippen LogP contribution is 2.28. The molecule has 33 heavy (non-hydrogen) atoms. The third-order valence-electron chi connectivity index (χ3n) is 5.11. The zero-order chi connectivity index (χ0) is 23.8. The van der Waals surface area contributed by atoms with Crippen LogP contribution in [-0.2, 0) is 14.2 Å². The van der Waals surface area contributed by atoms with Crippen LogP contribution >= 0.6 is 0 Å². The topological polar surface area (TPSA) is 132 Å². The maximum absolute atomic E-state index is 12.9. The summed E-state index contributed by atoms with van der Waals surface area (Å²) in [5.41, 5.74) is 1.34. The molecular weight excluding hydrogens is 432 g/mol. The van der Waals surface area contributed by atoms with E-state index in [9.17, 15) is 19.7 Å². The first-order valence-corrected chi connectivity index (χ1v) is 10.3. The summed E-state index contributed by atoms with van der Waals surface area (Å²) in [5, 5.41) is 17.1. The molecule has 11 nitrogen and oxygen atoms in total. The molecule has 1 heterocycles. The second kappa shape index (κ2) is 11.2. The Morgan fingerprint density at radius 1 is 1.12 bits per heavy atom. The van der Waals surface area contributed by atoms with Crippen molar-refractivity contribution >= 4 is 34.6 Å². The molecule has 0 saturated carbocycles. The number of rotatable bonds is 9. The molecule has 2 aromatic rings. The van der Waals surface area contributed by atoms with Gasteiger partial charge in [-0.05, 0) is 30.3 Å². The largest absolute Gasteiger partial charge is 0.465 e. The van der Waals surface area contributed by atoms with Gasteiger partial charge in [-0.3, -0.25) is 14.9 Å². The predicted octanol–water partition coefficient (Wildman–Crippen LogP) is 2.53. The van der Waals surface area contributed by atoms with E-state index in [1.54, 1.807) is 18.2 Å². The number of nitro benzene ring substituents is 1. The molecule has 2 aromatic carbocycles. The summed E-state index contributed by atoms with van der Waals surface area (Å²) in [6, 6.07) is 9.17. The lowest BCUT2D eigenvalue weighted by atomic mass is 10.1. The summed E-state index contributed by atoms with van der Waals surface area (Å²) in [5.74, 6) is -1.20. The molecule has 0 bridgehead atoms. The monoisotopic (exact) mass is 458 g/mol. The third kappa shape index (κ3) is 5.96. The molecule has 1 fully saturated rings. The summed E-state index contributed by atoms with van der Waals surface area (Å²) in [6.45, 7) is 3.28. The zero-order valence-electron chi connectivity index (χ0n) is 18.5. The van der Waals surface area contributed by atoms with Gasteiger partial charge < -0.3 is 29.7 Å². The van der Waals surface area contributed by atoms with Crippen LogP contribution in [0.15, 0.2) is 36.4 Å². The maximum atomic E-state index is 12.9. The molecule has 3 rings (SSSR count). The molecule has 1 aliphatic rings. The van der Waals surface area contributed by atoms with E-state index in [2.05, 4.69) is 15.5 Å². The first-order chi connectivity index (χ1) is 15.9. The zero-order valence-corrected chi connectivity index (χ0v) is 18.5. The molecule has 11 heteroatoms. The number of carbonyl (C=O) groups excluding carboxylic acids is 2. The number of nitrogens with one attached hydrogen (secondary N) is 2. The van der Waals surface area contributed by atoms with Crippen molar-refractivity contribution in [3.63, 3.8) is 0 Å². The Morgan fingerprint density at radius 2 is 1.85 bits per heavy atom. The average Bonchev–Trinajstić information content (AvgIpc) is 2.84. The van der Waals surface area contributed by atoms with E-state index in [0.717, 1.165) is 5.69 Å². The number of morpholine rings is 1. The fourth-order valence-corrected chi connectivity index (χ4v) is 3.39. The Labute approximate surface area is 190 Å². The van der Waals surface area contributed by atoms with Crippen molar-refractivity contribution in [2.75, 3.05) is 69.2 Å². The highest BCUT2D eigenvalue weighted by molar-refractivity contribution is 6.09. The fourth-order valence-electron chi connectivity index (χ4n) is 3.39. The van der Waals surface area contributed by atoms with Crippen LogP contribution in [0.3, 0.4) is 0 Å². The number of nitrogens with zero attached hydrogens (tertiary/aromatic N) is 2. The molecule has 0 radical (unpaired) electrons. The van der Waals surface area contributed by atoms with E-state index in [0.29, 0.717) is 39.5 Å². The highest BCUT2D eigenvalue weighted by Gasteiger charge is 2.21. The van der Waals surface area contributed by atoms with Crippen molar-refractivity contribution in [3.05, 3.63) is 57.6 Å². The van der Waals surface area contributed by atoms with Gasteiger partial charge in [0, 0.05) is 44.1 Å². The van der Waals surface area contributed by atoms with Crippen molar-refractivity contribution in [2.24, 2.45) is 0 Å². The SMILES string of the molecule is COCCNc1ccc(C(=O)Nc2ccc(N3CCOCC3)cc2C(=O)OC)cc1[N+](=O)[O-]. The number of carbonyl (C=O) groups is 2. The van der Waals surface area contributed by atoms with Crippen LogP contribution in [0.5, 0.6) is 0 Å². The molecule has 0 unspecified atom stereocenters. The van der Waals surface area contributed by atoms with Crippen LogP contribution in [0.2, 0.25) is 0 Å². The lowest BCUT2D eigenvalue weighted by molar-refractivity contribution is -0.384. The van der Waals surface area contributed by atoms with Gasteiger partial charge in [0.2, 0.25) is 0 Å². The van der Waals surface area contributed by atoms with E-state index in [1.165, 1.54) is 32.4 Å². The number of ether oxygens (including phenoxy) is 3. The number of benzene rings is 2. The molecule has 0 aliphatic carbocycles. The van der Waals surface area contributed by atoms with E-state index >= 15 is 0 Å². The molecule has 2 N–H and O–H groups in total. The second-order valence-electron chi connectivity index (χ2n) is 7.18. The number of amides is 1. The van der Waals surface area contributed by atoms with Gasteiger partial charge in [-0.2, -0.15) is 0 Å². The smallest absolute Gasteiger partial charge is 0.340 e. The van der Waals surface area contributed by atoms with Gasteiger partial charge in [0.15, 0.2) is 0 Å². The van der Waals surface area contributed by atoms with Crippen molar-refractivity contribution in [3.8, 4) is 0 Å². The van der Waals surface area contributed by atoms with E-state index in [1.807, 2.05) is 0 Å². The number of anilines is 3. The van der Waals surface area contributed by atoms with Crippen LogP contribution in [0.25, 0.3) is 0 Å². The van der Waals surface area contributed by atoms with Gasteiger partial charge >= 0.3 is 5.97 Å². The minimum absolute atomic E-state index is 0.0760. The molecular formula is C22H26N4O7. The van der Waals surface area contributed by atoms with Crippen LogP contribution in [0.4, 0.5) is 22.7 Å². The summed E-state index contributed by atoms with van der Waals surface area (Å²) in [6.07, 6.45) is 0. The minimum Gasteiger partial charge on any atom is -0.465 e. The lowest BCUT2D eigenvalue weighted by Crippen LogP contribution is -2.36. The van der Waals surface area contributed by atoms with Crippen molar-refractivity contribution in [2.45, 2.75) is 0 Å². The summed E-state index contributed by atoms with van der Waals surface area (Å²) in [4.78, 5) is 38.2. The van der Waals surface area contributed by atoms with E-state index in [4.69, 9.17) is 14.2 Å². The van der Waals surface area contributed by atoms with Gasteiger partial charge in [0.25, 0.3) is 11.6 Å². The number of esters is 1. The average molecular weight is 458 g/mol. The standard InChI is InChI=1S/C22H26N4O7/c1-31-10-7-23-19-5-3-15(13-20(19)26(29)30)21(27)24-18-6-4-16(14-17(18)22(28)32-2)25-8-11-33-12-9-25/h3-6,13-14,23H,7-12H2,1-2H3,(H,24,27). The van der Waals surface area contributed by atoms with E-state index in [-0.39, 0.29) is 28.2 Å². The Bertz CT molecular complexity index is 1020. The van der Waals surface area contributed by atoms with Crippen LogP contribution in [-0.4, -0.2) is 70.5 Å². The van der Waals surface area contributed by atoms with Gasteiger partial charge in [-0.15, -0.1) is 0 Å². The van der Waals surface area contributed by atoms with Gasteiger partial charge in [0.05, 0.1) is 43.1 Å². The number of hydrogen-bond acceptors (Lipinski definition) is 9. The third-order valence-corrected chi connectivity index (χ3v) is 5.11. The Hall–Kier alpha value is -3.70. The van der Waals surface area contributed by atoms with Crippen LogP contribution < -0.4 is 15.5 Å².